The molecule has 7 heteroatoms. The maximum atomic E-state index is 12.4. The van der Waals surface area contributed by atoms with Gasteiger partial charge in [0, 0.05) is 26.4 Å². The van der Waals surface area contributed by atoms with Crippen LogP contribution in [0.15, 0.2) is 30.3 Å². The lowest BCUT2D eigenvalue weighted by Crippen LogP contribution is -2.70. The fourth-order valence-corrected chi connectivity index (χ4v) is 5.28. The Bertz CT molecular complexity index is 700. The zero-order valence-corrected chi connectivity index (χ0v) is 15.0. The molecule has 1 spiro atoms. The van der Waals surface area contributed by atoms with Gasteiger partial charge in [0.1, 0.15) is 17.7 Å². The van der Waals surface area contributed by atoms with Gasteiger partial charge in [0.15, 0.2) is 6.29 Å². The van der Waals surface area contributed by atoms with Gasteiger partial charge in [-0.1, -0.05) is 30.3 Å². The molecule has 0 aromatic heterocycles. The van der Waals surface area contributed by atoms with Gasteiger partial charge >= 0.3 is 0 Å². The second-order valence-electron chi connectivity index (χ2n) is 7.58. The molecule has 4 aliphatic rings. The zero-order chi connectivity index (χ0) is 17.9. The minimum Gasteiger partial charge on any atom is -0.366 e. The number of likely N-dealkylation sites (tertiary alicyclic amines) is 1. The average molecular weight is 360 g/mol. The minimum atomic E-state index is -0.450. The maximum absolute atomic E-state index is 12.4. The van der Waals surface area contributed by atoms with Crippen LogP contribution in [-0.4, -0.2) is 72.8 Å². The van der Waals surface area contributed by atoms with Crippen LogP contribution in [0.25, 0.3) is 0 Å². The molecule has 0 N–H and O–H groups in total. The van der Waals surface area contributed by atoms with E-state index >= 15 is 0 Å². The molecule has 4 aliphatic heterocycles. The molecule has 26 heavy (non-hydrogen) atoms. The molecule has 1 aromatic rings. The molecule has 5 rings (SSSR count). The third-order valence-electron chi connectivity index (χ3n) is 6.39. The number of hydrogen-bond donors (Lipinski definition) is 0. The lowest BCUT2D eigenvalue weighted by molar-refractivity contribution is -0.263. The third kappa shape index (κ3) is 2.15. The summed E-state index contributed by atoms with van der Waals surface area (Å²) in [5.74, 6) is 0.253. The summed E-state index contributed by atoms with van der Waals surface area (Å²) in [6, 6.07) is 9.88. The van der Waals surface area contributed by atoms with E-state index in [0.717, 1.165) is 5.56 Å². The van der Waals surface area contributed by atoms with Gasteiger partial charge < -0.3 is 19.1 Å². The van der Waals surface area contributed by atoms with Gasteiger partial charge in [0.05, 0.1) is 25.9 Å². The highest BCUT2D eigenvalue weighted by Gasteiger charge is 2.73. The molecule has 4 heterocycles. The van der Waals surface area contributed by atoms with Crippen LogP contribution in [0.1, 0.15) is 12.5 Å². The molecule has 4 saturated heterocycles. The van der Waals surface area contributed by atoms with Crippen LogP contribution in [0.3, 0.4) is 0 Å². The highest BCUT2D eigenvalue weighted by Crippen LogP contribution is 2.53. The molecule has 4 fully saturated rings. The van der Waals surface area contributed by atoms with Gasteiger partial charge in [0.25, 0.3) is 0 Å². The van der Waals surface area contributed by atoms with Crippen LogP contribution in [0, 0.1) is 5.92 Å². The van der Waals surface area contributed by atoms with E-state index in [1.54, 1.807) is 6.92 Å². The predicted octanol–water partition coefficient (Wildman–Crippen LogP) is 0.790. The van der Waals surface area contributed by atoms with Gasteiger partial charge in [-0.3, -0.25) is 9.63 Å². The molecule has 140 valence electrons. The van der Waals surface area contributed by atoms with Crippen molar-refractivity contribution in [2.24, 2.45) is 5.92 Å². The molecule has 7 nitrogen and oxygen atoms in total. The van der Waals surface area contributed by atoms with Crippen LogP contribution < -0.4 is 0 Å². The van der Waals surface area contributed by atoms with Gasteiger partial charge in [-0.2, -0.15) is 5.06 Å². The number of ether oxygens (including phenoxy) is 3. The van der Waals surface area contributed by atoms with E-state index in [0.29, 0.717) is 26.4 Å². The SMILES string of the molecule is CC(=O)N1C[C@H]2CON(C)[C@@]23[C@H]2CO[C@H](O2)[C@@H](OCc2ccccc2)[C@@H]13. The molecular weight excluding hydrogens is 336 g/mol. The number of fused-ring (bicyclic) bond motifs is 2. The summed E-state index contributed by atoms with van der Waals surface area (Å²) in [6.07, 6.45) is -0.920. The molecule has 6 atom stereocenters. The Labute approximate surface area is 152 Å². The fraction of sp³-hybridized carbons (Fsp3) is 0.632. The van der Waals surface area contributed by atoms with Crippen molar-refractivity contribution in [3.63, 3.8) is 0 Å². The van der Waals surface area contributed by atoms with Gasteiger partial charge in [-0.05, 0) is 5.56 Å². The van der Waals surface area contributed by atoms with Crippen LogP contribution in [0.4, 0.5) is 0 Å². The van der Waals surface area contributed by atoms with Crippen LogP contribution in [-0.2, 0) is 30.4 Å². The largest absolute Gasteiger partial charge is 0.366 e. The molecule has 1 aromatic carbocycles. The summed E-state index contributed by atoms with van der Waals surface area (Å²) < 4.78 is 18.5. The van der Waals surface area contributed by atoms with E-state index < -0.39 is 11.8 Å². The lowest BCUT2D eigenvalue weighted by atomic mass is 9.74. The topological polar surface area (TPSA) is 60.5 Å². The second-order valence-corrected chi connectivity index (χ2v) is 7.58. The summed E-state index contributed by atoms with van der Waals surface area (Å²) in [7, 11) is 1.94. The molecule has 2 bridgehead atoms. The van der Waals surface area contributed by atoms with E-state index in [1.165, 1.54) is 0 Å². The average Bonchev–Trinajstić information content (AvgIpc) is 3.30. The molecule has 0 radical (unpaired) electrons. The van der Waals surface area contributed by atoms with Crippen LogP contribution in [0.5, 0.6) is 0 Å². The van der Waals surface area contributed by atoms with Crippen molar-refractivity contribution in [2.45, 2.75) is 43.6 Å². The number of hydrogen-bond acceptors (Lipinski definition) is 6. The summed E-state index contributed by atoms with van der Waals surface area (Å²) in [6.45, 7) is 3.84. The Hall–Kier alpha value is -1.51. The molecule has 0 saturated carbocycles. The number of benzene rings is 1. The zero-order valence-electron chi connectivity index (χ0n) is 15.0. The third-order valence-corrected chi connectivity index (χ3v) is 6.39. The summed E-state index contributed by atoms with van der Waals surface area (Å²) in [4.78, 5) is 20.2. The number of amides is 1. The van der Waals surface area contributed by atoms with Crippen LogP contribution >= 0.6 is 0 Å². The number of carbonyl (C=O) groups excluding carboxylic acids is 1. The number of rotatable bonds is 3. The lowest BCUT2D eigenvalue weighted by Gasteiger charge is -2.49. The summed E-state index contributed by atoms with van der Waals surface area (Å²) >= 11 is 0. The minimum absolute atomic E-state index is 0.0618. The second kappa shape index (κ2) is 6.00. The highest BCUT2D eigenvalue weighted by atomic mass is 16.8. The summed E-state index contributed by atoms with van der Waals surface area (Å²) in [5, 5.41) is 1.90. The van der Waals surface area contributed by atoms with Crippen molar-refractivity contribution in [2.75, 3.05) is 26.8 Å². The van der Waals surface area contributed by atoms with E-state index in [2.05, 4.69) is 0 Å². The predicted molar refractivity (Wildman–Crippen MR) is 90.7 cm³/mol. The molecule has 0 aliphatic carbocycles. The van der Waals surface area contributed by atoms with Gasteiger partial charge in [-0.25, -0.2) is 0 Å². The number of hydroxylamine groups is 2. The van der Waals surface area contributed by atoms with E-state index in [1.807, 2.05) is 47.3 Å². The first-order valence-corrected chi connectivity index (χ1v) is 9.19. The van der Waals surface area contributed by atoms with Gasteiger partial charge in [0.2, 0.25) is 5.91 Å². The Morgan fingerprint density at radius 2 is 2.12 bits per heavy atom. The number of carbonyl (C=O) groups is 1. The Morgan fingerprint density at radius 3 is 2.88 bits per heavy atom. The Morgan fingerprint density at radius 1 is 1.31 bits per heavy atom. The Kier molecular flexibility index (Phi) is 3.84. The molecular formula is C19H24N2O5. The first kappa shape index (κ1) is 16.6. The van der Waals surface area contributed by atoms with E-state index in [9.17, 15) is 4.79 Å². The number of likely N-dealkylation sites (N-methyl/N-ethyl adjacent to an activating group) is 1. The van der Waals surface area contributed by atoms with Gasteiger partial charge in [-0.15, -0.1) is 0 Å². The maximum Gasteiger partial charge on any atom is 0.219 e. The smallest absolute Gasteiger partial charge is 0.219 e. The van der Waals surface area contributed by atoms with E-state index in [4.69, 9.17) is 19.0 Å². The summed E-state index contributed by atoms with van der Waals surface area (Å²) in [5.41, 5.74) is 0.668. The van der Waals surface area contributed by atoms with Crippen molar-refractivity contribution < 1.29 is 23.8 Å². The van der Waals surface area contributed by atoms with Crippen LogP contribution in [0.2, 0.25) is 0 Å². The van der Waals surface area contributed by atoms with Crippen molar-refractivity contribution in [3.8, 4) is 0 Å². The Balaban J connectivity index is 1.50. The van der Waals surface area contributed by atoms with Crippen molar-refractivity contribution in [1.29, 1.82) is 0 Å². The van der Waals surface area contributed by atoms with E-state index in [-0.39, 0.29) is 30.1 Å². The standard InChI is InChI=1S/C19H24N2O5/c1-12(22)21-8-14-10-25-20(2)19(14)15-11-24-18(26-15)16(17(19)21)23-9-13-6-4-3-5-7-13/h3-7,14-18H,8-11H2,1-2H3/t14-,15+,16-,17+,18+,19+/m0/s1. The first-order chi connectivity index (χ1) is 12.6. The fourth-order valence-electron chi connectivity index (χ4n) is 5.28. The quantitative estimate of drug-likeness (QED) is 0.794. The number of nitrogens with zero attached hydrogens (tertiary/aromatic N) is 2. The van der Waals surface area contributed by atoms with Crippen molar-refractivity contribution in [3.05, 3.63) is 35.9 Å². The first-order valence-electron chi connectivity index (χ1n) is 9.19. The molecule has 0 unspecified atom stereocenters. The normalized spacial score (nSPS) is 41.3. The highest BCUT2D eigenvalue weighted by molar-refractivity contribution is 5.74. The molecule has 1 amide bonds. The van der Waals surface area contributed by atoms with Crippen molar-refractivity contribution in [1.82, 2.24) is 9.96 Å². The monoisotopic (exact) mass is 360 g/mol. The van der Waals surface area contributed by atoms with Crippen molar-refractivity contribution >= 4 is 5.91 Å².